The number of esters is 1. The van der Waals surface area contributed by atoms with Crippen LogP contribution in [0.1, 0.15) is 30.1 Å². The van der Waals surface area contributed by atoms with Gasteiger partial charge in [0.1, 0.15) is 0 Å². The molecule has 1 aliphatic rings. The molecule has 0 atom stereocenters. The maximum absolute atomic E-state index is 12.2. The van der Waals surface area contributed by atoms with Crippen LogP contribution in [0.5, 0.6) is 0 Å². The van der Waals surface area contributed by atoms with E-state index in [9.17, 15) is 4.79 Å². The highest BCUT2D eigenvalue weighted by Crippen LogP contribution is 2.30. The van der Waals surface area contributed by atoms with Gasteiger partial charge in [0.2, 0.25) is 0 Å². The zero-order chi connectivity index (χ0) is 15.4. The molecule has 0 bridgehead atoms. The molecule has 0 unspecified atom stereocenters. The minimum Gasteiger partial charge on any atom is -0.462 e. The molecule has 22 heavy (non-hydrogen) atoms. The minimum absolute atomic E-state index is 0.276. The summed E-state index contributed by atoms with van der Waals surface area (Å²) in [6.07, 6.45) is 5.94. The van der Waals surface area contributed by atoms with E-state index in [1.807, 2.05) is 31.2 Å². The van der Waals surface area contributed by atoms with E-state index in [-0.39, 0.29) is 5.97 Å². The lowest BCUT2D eigenvalue weighted by atomic mass is 9.99. The van der Waals surface area contributed by atoms with Crippen molar-refractivity contribution in [1.29, 1.82) is 0 Å². The van der Waals surface area contributed by atoms with Gasteiger partial charge in [-0.3, -0.25) is 4.98 Å². The molecule has 4 heteroatoms. The summed E-state index contributed by atoms with van der Waals surface area (Å²) in [5, 5.41) is 0. The third-order valence-corrected chi connectivity index (χ3v) is 3.96. The van der Waals surface area contributed by atoms with Gasteiger partial charge < -0.3 is 9.64 Å². The topological polar surface area (TPSA) is 42.4 Å². The summed E-state index contributed by atoms with van der Waals surface area (Å²) in [5.74, 6) is -0.276. The first-order valence-corrected chi connectivity index (χ1v) is 7.76. The van der Waals surface area contributed by atoms with Crippen molar-refractivity contribution in [2.45, 2.75) is 19.8 Å². The molecule has 2 heterocycles. The van der Waals surface area contributed by atoms with E-state index in [4.69, 9.17) is 4.74 Å². The van der Waals surface area contributed by atoms with Gasteiger partial charge in [-0.25, -0.2) is 4.79 Å². The van der Waals surface area contributed by atoms with Crippen molar-refractivity contribution >= 4 is 11.7 Å². The van der Waals surface area contributed by atoms with E-state index in [2.05, 4.69) is 16.0 Å². The van der Waals surface area contributed by atoms with Gasteiger partial charge in [0.15, 0.2) is 0 Å². The van der Waals surface area contributed by atoms with E-state index in [0.29, 0.717) is 12.2 Å². The summed E-state index contributed by atoms with van der Waals surface area (Å²) in [5.41, 5.74) is 3.66. The van der Waals surface area contributed by atoms with Crippen LogP contribution in [-0.4, -0.2) is 30.6 Å². The van der Waals surface area contributed by atoms with Crippen molar-refractivity contribution in [3.05, 3.63) is 48.3 Å². The first-order valence-electron chi connectivity index (χ1n) is 7.76. The number of hydrogen-bond acceptors (Lipinski definition) is 4. The lowest BCUT2D eigenvalue weighted by Gasteiger charge is -2.20. The summed E-state index contributed by atoms with van der Waals surface area (Å²) in [6, 6.07) is 9.83. The molecule has 0 spiro atoms. The maximum atomic E-state index is 12.2. The molecule has 0 aliphatic carbocycles. The molecule has 0 radical (unpaired) electrons. The Hall–Kier alpha value is -2.36. The Bertz CT molecular complexity index is 649. The molecule has 0 amide bonds. The quantitative estimate of drug-likeness (QED) is 0.810. The van der Waals surface area contributed by atoms with Gasteiger partial charge in [0.25, 0.3) is 0 Å². The maximum Gasteiger partial charge on any atom is 0.338 e. The molecular weight excluding hydrogens is 276 g/mol. The number of rotatable bonds is 4. The Kier molecular flexibility index (Phi) is 4.37. The van der Waals surface area contributed by atoms with E-state index >= 15 is 0 Å². The fourth-order valence-electron chi connectivity index (χ4n) is 2.86. The van der Waals surface area contributed by atoms with Crippen molar-refractivity contribution in [1.82, 2.24) is 4.98 Å². The number of aromatic nitrogens is 1. The molecule has 0 N–H and O–H groups in total. The molecular formula is C18H20N2O2. The van der Waals surface area contributed by atoms with Crippen molar-refractivity contribution in [2.24, 2.45) is 0 Å². The summed E-state index contributed by atoms with van der Waals surface area (Å²) in [6.45, 7) is 4.36. The van der Waals surface area contributed by atoms with Crippen LogP contribution in [0.15, 0.2) is 42.7 Å². The Labute approximate surface area is 130 Å². The molecule has 1 aliphatic heterocycles. The number of ether oxygens (including phenoxy) is 1. The van der Waals surface area contributed by atoms with Crippen LogP contribution in [0.3, 0.4) is 0 Å². The number of hydrogen-bond donors (Lipinski definition) is 0. The number of carbonyl (C=O) groups is 1. The number of anilines is 1. The molecule has 2 aromatic rings. The molecule has 1 saturated heterocycles. The second-order valence-electron chi connectivity index (χ2n) is 5.38. The Morgan fingerprint density at radius 2 is 1.91 bits per heavy atom. The average molecular weight is 296 g/mol. The molecule has 1 fully saturated rings. The van der Waals surface area contributed by atoms with Gasteiger partial charge >= 0.3 is 5.97 Å². The lowest BCUT2D eigenvalue weighted by molar-refractivity contribution is 0.0527. The normalized spacial score (nSPS) is 14.1. The van der Waals surface area contributed by atoms with Crippen LogP contribution in [0, 0.1) is 0 Å². The third kappa shape index (κ3) is 2.96. The van der Waals surface area contributed by atoms with Crippen LogP contribution >= 0.6 is 0 Å². The monoisotopic (exact) mass is 296 g/mol. The van der Waals surface area contributed by atoms with Gasteiger partial charge in [0.05, 0.1) is 12.2 Å². The number of benzene rings is 1. The van der Waals surface area contributed by atoms with Crippen LogP contribution in [0.2, 0.25) is 0 Å². The Morgan fingerprint density at radius 3 is 2.59 bits per heavy atom. The van der Waals surface area contributed by atoms with Crippen molar-refractivity contribution < 1.29 is 9.53 Å². The van der Waals surface area contributed by atoms with Crippen LogP contribution < -0.4 is 4.90 Å². The second kappa shape index (κ2) is 6.60. The standard InChI is InChI=1S/C18H20N2O2/c1-2-22-18(21)16-6-5-15(20-11-3-4-12-20)13-17(16)14-7-9-19-10-8-14/h5-10,13H,2-4,11-12H2,1H3. The predicted molar refractivity (Wildman–Crippen MR) is 87.1 cm³/mol. The van der Waals surface area contributed by atoms with E-state index in [0.717, 1.165) is 29.9 Å². The SMILES string of the molecule is CCOC(=O)c1ccc(N2CCCC2)cc1-c1ccncc1. The summed E-state index contributed by atoms with van der Waals surface area (Å²) in [7, 11) is 0. The minimum atomic E-state index is -0.276. The van der Waals surface area contributed by atoms with Gasteiger partial charge in [-0.05, 0) is 61.2 Å². The highest BCUT2D eigenvalue weighted by atomic mass is 16.5. The van der Waals surface area contributed by atoms with E-state index in [1.165, 1.54) is 12.8 Å². The van der Waals surface area contributed by atoms with Crippen molar-refractivity contribution in [3.63, 3.8) is 0 Å². The van der Waals surface area contributed by atoms with Crippen LogP contribution in [0.4, 0.5) is 5.69 Å². The van der Waals surface area contributed by atoms with E-state index < -0.39 is 0 Å². The fourth-order valence-corrected chi connectivity index (χ4v) is 2.86. The Morgan fingerprint density at radius 1 is 1.18 bits per heavy atom. The van der Waals surface area contributed by atoms with Gasteiger partial charge in [-0.2, -0.15) is 0 Å². The largest absolute Gasteiger partial charge is 0.462 e. The zero-order valence-electron chi connectivity index (χ0n) is 12.8. The number of pyridine rings is 1. The summed E-state index contributed by atoms with van der Waals surface area (Å²) in [4.78, 5) is 18.6. The molecule has 3 rings (SSSR count). The van der Waals surface area contributed by atoms with Gasteiger partial charge in [-0.1, -0.05) is 0 Å². The molecule has 114 valence electrons. The fraction of sp³-hybridized carbons (Fsp3) is 0.333. The van der Waals surface area contributed by atoms with Crippen LogP contribution in [0.25, 0.3) is 11.1 Å². The first-order chi connectivity index (χ1) is 10.8. The number of nitrogens with zero attached hydrogens (tertiary/aromatic N) is 2. The first kappa shape index (κ1) is 14.6. The van der Waals surface area contributed by atoms with Crippen molar-refractivity contribution in [2.75, 3.05) is 24.6 Å². The highest BCUT2D eigenvalue weighted by Gasteiger charge is 2.18. The molecule has 1 aromatic heterocycles. The second-order valence-corrected chi connectivity index (χ2v) is 5.38. The molecule has 4 nitrogen and oxygen atoms in total. The van der Waals surface area contributed by atoms with Crippen LogP contribution in [-0.2, 0) is 4.74 Å². The average Bonchev–Trinajstić information content (AvgIpc) is 3.10. The van der Waals surface area contributed by atoms with Gasteiger partial charge in [0, 0.05) is 31.2 Å². The Balaban J connectivity index is 2.04. The third-order valence-electron chi connectivity index (χ3n) is 3.96. The predicted octanol–water partition coefficient (Wildman–Crippen LogP) is 3.53. The molecule has 0 saturated carbocycles. The summed E-state index contributed by atoms with van der Waals surface area (Å²) >= 11 is 0. The summed E-state index contributed by atoms with van der Waals surface area (Å²) < 4.78 is 5.19. The smallest absolute Gasteiger partial charge is 0.338 e. The lowest BCUT2D eigenvalue weighted by Crippen LogP contribution is -2.18. The van der Waals surface area contributed by atoms with E-state index in [1.54, 1.807) is 12.4 Å². The zero-order valence-corrected chi connectivity index (χ0v) is 12.8. The number of carbonyl (C=O) groups excluding carboxylic acids is 1. The highest BCUT2D eigenvalue weighted by molar-refractivity contribution is 5.98. The van der Waals surface area contributed by atoms with Crippen molar-refractivity contribution in [3.8, 4) is 11.1 Å². The van der Waals surface area contributed by atoms with Gasteiger partial charge in [-0.15, -0.1) is 0 Å². The molecule has 1 aromatic carbocycles.